The number of hydrogen-bond donors (Lipinski definition) is 2. The van der Waals surface area contributed by atoms with Gasteiger partial charge in [-0.15, -0.1) is 0 Å². The van der Waals surface area contributed by atoms with E-state index < -0.39 is 47.1 Å². The summed E-state index contributed by atoms with van der Waals surface area (Å²) in [7, 11) is 3.21. The van der Waals surface area contributed by atoms with Crippen molar-refractivity contribution in [2.45, 2.75) is 105 Å². The molecule has 8 heteroatoms. The van der Waals surface area contributed by atoms with Gasteiger partial charge in [-0.1, -0.05) is 41.5 Å². The molecule has 0 aliphatic carbocycles. The van der Waals surface area contributed by atoms with Crippen LogP contribution in [0.5, 0.6) is 0 Å². The Bertz CT molecular complexity index is 693. The lowest BCUT2D eigenvalue weighted by Gasteiger charge is -2.41. The van der Waals surface area contributed by atoms with Crippen LogP contribution >= 0.6 is 0 Å². The van der Waals surface area contributed by atoms with Crippen LogP contribution in [-0.2, 0) is 23.8 Å². The average molecular weight is 502 g/mol. The molecule has 0 spiro atoms. The van der Waals surface area contributed by atoms with Crippen molar-refractivity contribution in [2.75, 3.05) is 27.4 Å². The minimum atomic E-state index is -1.74. The van der Waals surface area contributed by atoms with E-state index in [9.17, 15) is 19.8 Å². The number of ether oxygens (including phenoxy) is 3. The Morgan fingerprint density at radius 2 is 1.60 bits per heavy atom. The van der Waals surface area contributed by atoms with Crippen molar-refractivity contribution in [2.24, 2.45) is 28.7 Å². The highest BCUT2D eigenvalue weighted by atomic mass is 16.6. The Labute approximate surface area is 212 Å². The lowest BCUT2D eigenvalue weighted by atomic mass is 9.75. The van der Waals surface area contributed by atoms with E-state index in [2.05, 4.69) is 0 Å². The molecule has 1 fully saturated rings. The van der Waals surface area contributed by atoms with Crippen LogP contribution in [0.4, 0.5) is 0 Å². The van der Waals surface area contributed by atoms with Gasteiger partial charge in [0.1, 0.15) is 23.4 Å². The van der Waals surface area contributed by atoms with Crippen molar-refractivity contribution in [3.05, 3.63) is 0 Å². The molecule has 35 heavy (non-hydrogen) atoms. The second-order valence-electron chi connectivity index (χ2n) is 10.1. The number of aliphatic imine (C=N–C) groups is 1. The number of methoxy groups -OCH3 is 2. The van der Waals surface area contributed by atoms with E-state index in [1.807, 2.05) is 34.6 Å². The lowest BCUT2D eigenvalue weighted by molar-refractivity contribution is -0.186. The van der Waals surface area contributed by atoms with Crippen LogP contribution in [0, 0.1) is 23.7 Å². The Morgan fingerprint density at radius 3 is 2.09 bits per heavy atom. The predicted octanol–water partition coefficient (Wildman–Crippen LogP) is 3.85. The van der Waals surface area contributed by atoms with Gasteiger partial charge in [0.05, 0.1) is 24.9 Å². The zero-order valence-corrected chi connectivity index (χ0v) is 23.9. The molecule has 1 heterocycles. The first kappa shape index (κ1) is 33.7. The van der Waals surface area contributed by atoms with Crippen LogP contribution in [0.2, 0.25) is 0 Å². The molecule has 1 saturated heterocycles. The number of aliphatic hydroxyl groups excluding tert-OH is 1. The first-order valence-corrected chi connectivity index (χ1v) is 13.0. The first-order valence-electron chi connectivity index (χ1n) is 13.0. The normalized spacial score (nSPS) is 38.8. The summed E-state index contributed by atoms with van der Waals surface area (Å²) in [6.45, 7) is 17.2. The molecule has 2 N–H and O–H groups in total. The third-order valence-corrected chi connectivity index (χ3v) is 7.15. The molecule has 8 nitrogen and oxygen atoms in total. The first-order chi connectivity index (χ1) is 16.3. The van der Waals surface area contributed by atoms with Crippen molar-refractivity contribution in [3.63, 3.8) is 0 Å². The molecule has 1 aliphatic rings. The van der Waals surface area contributed by atoms with Crippen molar-refractivity contribution in [3.8, 4) is 0 Å². The number of cyclic esters (lactones) is 1. The second-order valence-corrected chi connectivity index (χ2v) is 10.1. The largest absolute Gasteiger partial charge is 0.459 e. The fourth-order valence-electron chi connectivity index (χ4n) is 5.02. The molecule has 0 amide bonds. The molecule has 0 aromatic heterocycles. The molecular weight excluding hydrogens is 450 g/mol. The molecule has 1 unspecified atom stereocenters. The number of hydrogen-bond acceptors (Lipinski definition) is 8. The van der Waals surface area contributed by atoms with Crippen LogP contribution in [0.25, 0.3) is 0 Å². The molecular formula is C27H51NO7. The lowest BCUT2D eigenvalue weighted by Crippen LogP contribution is -2.56. The van der Waals surface area contributed by atoms with E-state index in [0.717, 1.165) is 5.71 Å². The summed E-state index contributed by atoms with van der Waals surface area (Å²) in [6.07, 6.45) is -0.952. The molecule has 0 aromatic carbocycles. The van der Waals surface area contributed by atoms with Crippen molar-refractivity contribution < 1.29 is 34.0 Å². The highest BCUT2D eigenvalue weighted by Crippen LogP contribution is 2.35. The molecule has 0 aromatic rings. The van der Waals surface area contributed by atoms with Gasteiger partial charge in [0.2, 0.25) is 0 Å². The Kier molecular flexibility index (Phi) is 14.4. The van der Waals surface area contributed by atoms with Crippen LogP contribution in [-0.4, -0.2) is 78.5 Å². The predicted molar refractivity (Wildman–Crippen MR) is 139 cm³/mol. The van der Waals surface area contributed by atoms with Gasteiger partial charge >= 0.3 is 5.97 Å². The number of aliphatic hydroxyl groups is 2. The minimum absolute atomic E-state index is 0.0995. The standard InChI is InChI=1S/C25H45NO7.C2H6/c1-10-19-25(7,30)22(28)17(4)20(26-11-12-31-8)15(2)13-24(6,32-9)14-16(3)21(27)18(5)23(29)33-19;1-2/h15-19,22,28,30H,10-14H2,1-9H3;1-2H3/t15-,16-,17+,18-,19-,22?,24-,25-;/m1./s1. The summed E-state index contributed by atoms with van der Waals surface area (Å²) in [6, 6.07) is 0. The van der Waals surface area contributed by atoms with Gasteiger partial charge in [0.25, 0.3) is 0 Å². The summed E-state index contributed by atoms with van der Waals surface area (Å²) in [5.74, 6) is -2.95. The number of esters is 1. The molecule has 206 valence electrons. The minimum Gasteiger partial charge on any atom is -0.459 e. The summed E-state index contributed by atoms with van der Waals surface area (Å²) < 4.78 is 16.6. The van der Waals surface area contributed by atoms with Crippen molar-refractivity contribution in [1.29, 1.82) is 0 Å². The van der Waals surface area contributed by atoms with E-state index in [1.165, 1.54) is 13.8 Å². The molecule has 1 aliphatic heterocycles. The number of ketones is 1. The maximum Gasteiger partial charge on any atom is 0.316 e. The topological polar surface area (TPSA) is 115 Å². The second kappa shape index (κ2) is 15.0. The van der Waals surface area contributed by atoms with Gasteiger partial charge in [0, 0.05) is 31.8 Å². The Morgan fingerprint density at radius 1 is 1.06 bits per heavy atom. The van der Waals surface area contributed by atoms with Gasteiger partial charge in [0.15, 0.2) is 0 Å². The summed E-state index contributed by atoms with van der Waals surface area (Å²) in [4.78, 5) is 30.5. The zero-order chi connectivity index (χ0) is 27.6. The fourth-order valence-corrected chi connectivity index (χ4v) is 5.02. The highest BCUT2D eigenvalue weighted by Gasteiger charge is 2.46. The Hall–Kier alpha value is -1.35. The summed E-state index contributed by atoms with van der Waals surface area (Å²) in [5.41, 5.74) is -1.66. The fraction of sp³-hybridized carbons (Fsp3) is 0.889. The molecule has 1 rings (SSSR count). The van der Waals surface area contributed by atoms with Crippen LogP contribution in [0.3, 0.4) is 0 Å². The third-order valence-electron chi connectivity index (χ3n) is 7.15. The van der Waals surface area contributed by atoms with E-state index in [-0.39, 0.29) is 18.1 Å². The monoisotopic (exact) mass is 501 g/mol. The quantitative estimate of drug-likeness (QED) is 0.334. The van der Waals surface area contributed by atoms with Gasteiger partial charge in [-0.3, -0.25) is 14.6 Å². The average Bonchev–Trinajstić information content (AvgIpc) is 2.83. The van der Waals surface area contributed by atoms with E-state index in [1.54, 1.807) is 28.1 Å². The van der Waals surface area contributed by atoms with Crippen LogP contribution < -0.4 is 0 Å². The van der Waals surface area contributed by atoms with Gasteiger partial charge in [-0.2, -0.15) is 0 Å². The van der Waals surface area contributed by atoms with Crippen molar-refractivity contribution >= 4 is 17.5 Å². The molecule has 8 atom stereocenters. The van der Waals surface area contributed by atoms with Crippen LogP contribution in [0.15, 0.2) is 4.99 Å². The zero-order valence-electron chi connectivity index (χ0n) is 23.9. The molecule has 0 saturated carbocycles. The molecule has 0 radical (unpaired) electrons. The van der Waals surface area contributed by atoms with E-state index >= 15 is 0 Å². The number of carbonyl (C=O) groups excluding carboxylic acids is 2. The Balaban J connectivity index is 0.00000562. The number of carbonyl (C=O) groups is 2. The maximum atomic E-state index is 13.0. The number of Topliss-reactive ketones (excluding diaryl/α,β-unsaturated/α-hetero) is 1. The van der Waals surface area contributed by atoms with Gasteiger partial charge in [-0.05, 0) is 46.0 Å². The van der Waals surface area contributed by atoms with E-state index in [4.69, 9.17) is 19.2 Å². The van der Waals surface area contributed by atoms with Gasteiger partial charge in [-0.25, -0.2) is 0 Å². The SMILES string of the molecule is CC.CC[C@H]1OC(=O)[C@H](C)C(=O)[C@H](C)C[C@](C)(OC)C[C@@H](C)C(=NCCOC)[C@H](C)C(O)[C@]1(C)O. The summed E-state index contributed by atoms with van der Waals surface area (Å²) in [5, 5.41) is 22.6. The van der Waals surface area contributed by atoms with Crippen LogP contribution in [0.1, 0.15) is 81.6 Å². The number of nitrogens with zero attached hydrogens (tertiary/aromatic N) is 1. The van der Waals surface area contributed by atoms with Gasteiger partial charge < -0.3 is 24.4 Å². The number of rotatable bonds is 5. The summed E-state index contributed by atoms with van der Waals surface area (Å²) >= 11 is 0. The van der Waals surface area contributed by atoms with Crippen molar-refractivity contribution in [1.82, 2.24) is 0 Å². The van der Waals surface area contributed by atoms with E-state index in [0.29, 0.717) is 26.0 Å². The maximum absolute atomic E-state index is 13.0. The third kappa shape index (κ3) is 8.92. The smallest absolute Gasteiger partial charge is 0.316 e. The molecule has 0 bridgehead atoms. The highest BCUT2D eigenvalue weighted by molar-refractivity contribution is 5.99.